The van der Waals surface area contributed by atoms with Crippen LogP contribution >= 0.6 is 15.9 Å². The molecule has 2 aromatic rings. The van der Waals surface area contributed by atoms with Crippen LogP contribution in [0.2, 0.25) is 0 Å². The van der Waals surface area contributed by atoms with Gasteiger partial charge in [0.1, 0.15) is 5.56 Å². The molecule has 0 unspecified atom stereocenters. The fourth-order valence-electron chi connectivity index (χ4n) is 1.70. The van der Waals surface area contributed by atoms with E-state index in [-0.39, 0.29) is 5.56 Å². The lowest BCUT2D eigenvalue weighted by atomic mass is 10.1. The standard InChI is InChI=1S/C13H10BrNO3/c1-8-10(14)7-15(9-5-3-2-4-6-9)12(16)11(8)13(17)18/h2-7H,1H3,(H,17,18). The molecule has 1 aromatic heterocycles. The molecule has 0 fully saturated rings. The fourth-order valence-corrected chi connectivity index (χ4v) is 2.10. The maximum atomic E-state index is 12.1. The van der Waals surface area contributed by atoms with Gasteiger partial charge in [-0.05, 0) is 40.5 Å². The number of aromatic nitrogens is 1. The molecule has 0 radical (unpaired) electrons. The Morgan fingerprint density at radius 2 is 1.89 bits per heavy atom. The second-order valence-electron chi connectivity index (χ2n) is 3.79. The number of aromatic carboxylic acids is 1. The van der Waals surface area contributed by atoms with Crippen LogP contribution in [-0.4, -0.2) is 15.6 Å². The van der Waals surface area contributed by atoms with Crippen molar-refractivity contribution in [2.75, 3.05) is 0 Å². The number of carboxylic acids is 1. The Bertz CT molecular complexity index is 662. The topological polar surface area (TPSA) is 59.3 Å². The van der Waals surface area contributed by atoms with Gasteiger partial charge in [0.05, 0.1) is 0 Å². The van der Waals surface area contributed by atoms with E-state index in [9.17, 15) is 9.59 Å². The molecule has 1 heterocycles. The van der Waals surface area contributed by atoms with Crippen molar-refractivity contribution in [2.24, 2.45) is 0 Å². The highest BCUT2D eigenvalue weighted by Gasteiger charge is 2.17. The lowest BCUT2D eigenvalue weighted by Gasteiger charge is -2.10. The third kappa shape index (κ3) is 2.09. The van der Waals surface area contributed by atoms with Gasteiger partial charge in [0, 0.05) is 16.4 Å². The summed E-state index contributed by atoms with van der Waals surface area (Å²) >= 11 is 3.27. The van der Waals surface area contributed by atoms with Gasteiger partial charge in [0.15, 0.2) is 0 Å². The number of benzene rings is 1. The second-order valence-corrected chi connectivity index (χ2v) is 4.65. The summed E-state index contributed by atoms with van der Waals surface area (Å²) in [6.45, 7) is 1.60. The third-order valence-electron chi connectivity index (χ3n) is 2.66. The molecule has 0 saturated heterocycles. The first-order chi connectivity index (χ1) is 8.52. The number of para-hydroxylation sites is 1. The molecule has 1 N–H and O–H groups in total. The quantitative estimate of drug-likeness (QED) is 0.927. The Morgan fingerprint density at radius 1 is 1.28 bits per heavy atom. The monoisotopic (exact) mass is 307 g/mol. The molecule has 0 saturated carbocycles. The van der Waals surface area contributed by atoms with Crippen molar-refractivity contribution in [3.63, 3.8) is 0 Å². The minimum atomic E-state index is -1.22. The van der Waals surface area contributed by atoms with E-state index < -0.39 is 11.5 Å². The van der Waals surface area contributed by atoms with Crippen LogP contribution in [0.3, 0.4) is 0 Å². The van der Waals surface area contributed by atoms with Gasteiger partial charge < -0.3 is 5.11 Å². The zero-order chi connectivity index (χ0) is 13.3. The highest BCUT2D eigenvalue weighted by molar-refractivity contribution is 9.10. The lowest BCUT2D eigenvalue weighted by molar-refractivity contribution is 0.0693. The van der Waals surface area contributed by atoms with Crippen LogP contribution in [0.25, 0.3) is 5.69 Å². The highest BCUT2D eigenvalue weighted by Crippen LogP contribution is 2.18. The summed E-state index contributed by atoms with van der Waals surface area (Å²) in [6, 6.07) is 8.89. The molecule has 0 bridgehead atoms. The number of halogens is 1. The van der Waals surface area contributed by atoms with Gasteiger partial charge in [-0.25, -0.2) is 4.79 Å². The zero-order valence-corrected chi connectivity index (χ0v) is 11.1. The van der Waals surface area contributed by atoms with Gasteiger partial charge in [0.25, 0.3) is 5.56 Å². The number of hydrogen-bond donors (Lipinski definition) is 1. The number of rotatable bonds is 2. The molecule has 92 valence electrons. The minimum Gasteiger partial charge on any atom is -0.477 e. The molecule has 0 amide bonds. The number of carbonyl (C=O) groups is 1. The molecule has 0 atom stereocenters. The maximum Gasteiger partial charge on any atom is 0.341 e. The molecule has 18 heavy (non-hydrogen) atoms. The van der Waals surface area contributed by atoms with Crippen molar-refractivity contribution in [3.05, 3.63) is 62.5 Å². The summed E-state index contributed by atoms with van der Waals surface area (Å²) in [4.78, 5) is 23.3. The van der Waals surface area contributed by atoms with Crippen molar-refractivity contribution in [1.29, 1.82) is 0 Å². The van der Waals surface area contributed by atoms with Crippen LogP contribution in [0.5, 0.6) is 0 Å². The van der Waals surface area contributed by atoms with Crippen LogP contribution in [0.4, 0.5) is 0 Å². The highest BCUT2D eigenvalue weighted by atomic mass is 79.9. The van der Waals surface area contributed by atoms with Crippen molar-refractivity contribution in [1.82, 2.24) is 4.57 Å². The first-order valence-corrected chi connectivity index (χ1v) is 6.02. The van der Waals surface area contributed by atoms with E-state index in [1.54, 1.807) is 37.4 Å². The van der Waals surface area contributed by atoms with Crippen molar-refractivity contribution >= 4 is 21.9 Å². The lowest BCUT2D eigenvalue weighted by Crippen LogP contribution is -2.26. The average molecular weight is 308 g/mol. The molecule has 5 heteroatoms. The van der Waals surface area contributed by atoms with Crippen LogP contribution < -0.4 is 5.56 Å². The smallest absolute Gasteiger partial charge is 0.341 e. The summed E-state index contributed by atoms with van der Waals surface area (Å²) in [5, 5.41) is 9.11. The normalized spacial score (nSPS) is 10.3. The van der Waals surface area contributed by atoms with Gasteiger partial charge in [-0.2, -0.15) is 0 Å². The summed E-state index contributed by atoms with van der Waals surface area (Å²) in [7, 11) is 0. The van der Waals surface area contributed by atoms with Gasteiger partial charge in [-0.3, -0.25) is 9.36 Å². The SMILES string of the molecule is Cc1c(Br)cn(-c2ccccc2)c(=O)c1C(=O)O. The molecule has 0 aliphatic heterocycles. The Morgan fingerprint density at radius 3 is 2.44 bits per heavy atom. The Kier molecular flexibility index (Phi) is 3.34. The molecule has 0 aliphatic carbocycles. The van der Waals surface area contributed by atoms with E-state index in [4.69, 9.17) is 5.11 Å². The van der Waals surface area contributed by atoms with E-state index in [0.29, 0.717) is 15.7 Å². The van der Waals surface area contributed by atoms with Gasteiger partial charge in [0.2, 0.25) is 0 Å². The third-order valence-corrected chi connectivity index (χ3v) is 3.46. The number of hydrogen-bond acceptors (Lipinski definition) is 2. The number of nitrogens with zero attached hydrogens (tertiary/aromatic N) is 1. The van der Waals surface area contributed by atoms with Crippen molar-refractivity contribution in [3.8, 4) is 5.69 Å². The predicted molar refractivity (Wildman–Crippen MR) is 71.4 cm³/mol. The van der Waals surface area contributed by atoms with Crippen molar-refractivity contribution in [2.45, 2.75) is 6.92 Å². The van der Waals surface area contributed by atoms with Gasteiger partial charge in [-0.15, -0.1) is 0 Å². The van der Waals surface area contributed by atoms with E-state index in [2.05, 4.69) is 15.9 Å². The first kappa shape index (κ1) is 12.6. The van der Waals surface area contributed by atoms with Crippen LogP contribution in [0.1, 0.15) is 15.9 Å². The van der Waals surface area contributed by atoms with E-state index >= 15 is 0 Å². The van der Waals surface area contributed by atoms with E-state index in [1.807, 2.05) is 6.07 Å². The van der Waals surface area contributed by atoms with Gasteiger partial charge >= 0.3 is 5.97 Å². The molecule has 0 spiro atoms. The Labute approximate surface area is 112 Å². The summed E-state index contributed by atoms with van der Waals surface area (Å²) in [6.07, 6.45) is 1.58. The van der Waals surface area contributed by atoms with Crippen LogP contribution in [0.15, 0.2) is 45.8 Å². The number of pyridine rings is 1. The second kappa shape index (κ2) is 4.78. The minimum absolute atomic E-state index is 0.215. The molecule has 2 rings (SSSR count). The van der Waals surface area contributed by atoms with Crippen molar-refractivity contribution < 1.29 is 9.90 Å². The molecule has 0 aliphatic rings. The predicted octanol–water partition coefficient (Wildman–Crippen LogP) is 2.61. The Balaban J connectivity index is 2.79. The van der Waals surface area contributed by atoms with E-state index in [1.165, 1.54) is 4.57 Å². The average Bonchev–Trinajstić information content (AvgIpc) is 2.34. The molecular weight excluding hydrogens is 298 g/mol. The summed E-state index contributed by atoms with van der Waals surface area (Å²) in [5.74, 6) is -1.22. The van der Waals surface area contributed by atoms with Crippen LogP contribution in [-0.2, 0) is 0 Å². The molecule has 4 nitrogen and oxygen atoms in total. The number of carboxylic acid groups (broad SMARTS) is 1. The molecular formula is C13H10BrNO3. The first-order valence-electron chi connectivity index (χ1n) is 5.23. The fraction of sp³-hybridized carbons (Fsp3) is 0.0769. The maximum absolute atomic E-state index is 12.1. The largest absolute Gasteiger partial charge is 0.477 e. The zero-order valence-electron chi connectivity index (χ0n) is 9.55. The molecule has 1 aromatic carbocycles. The van der Waals surface area contributed by atoms with Gasteiger partial charge in [-0.1, -0.05) is 18.2 Å². The summed E-state index contributed by atoms with van der Waals surface area (Å²) in [5.41, 5.74) is 0.313. The Hall–Kier alpha value is -1.88. The van der Waals surface area contributed by atoms with E-state index in [0.717, 1.165) is 0 Å². The van der Waals surface area contributed by atoms with Crippen LogP contribution in [0, 0.1) is 6.92 Å². The summed E-state index contributed by atoms with van der Waals surface area (Å²) < 4.78 is 1.91.